The third-order valence-corrected chi connectivity index (χ3v) is 4.81. The molecule has 2 aromatic carbocycles. The van der Waals surface area contributed by atoms with E-state index < -0.39 is 5.82 Å². The molecule has 3 rings (SSSR count). The number of aryl methyl sites for hydroxylation is 1. The second-order valence-electron chi connectivity index (χ2n) is 7.31. The van der Waals surface area contributed by atoms with Gasteiger partial charge in [-0.1, -0.05) is 18.2 Å². The van der Waals surface area contributed by atoms with Gasteiger partial charge in [0.05, 0.1) is 12.2 Å². The molecule has 148 valence electrons. The fraction of sp³-hybridized carbons (Fsp3) is 0.364. The van der Waals surface area contributed by atoms with Gasteiger partial charge in [0.2, 0.25) is 0 Å². The van der Waals surface area contributed by atoms with E-state index in [4.69, 9.17) is 4.74 Å². The Morgan fingerprint density at radius 3 is 2.39 bits per heavy atom. The molecule has 1 aliphatic heterocycles. The monoisotopic (exact) mass is 384 g/mol. The van der Waals surface area contributed by atoms with Crippen molar-refractivity contribution in [2.24, 2.45) is 0 Å². The predicted octanol–water partition coefficient (Wildman–Crippen LogP) is 3.31. The van der Waals surface area contributed by atoms with E-state index in [-0.39, 0.29) is 24.0 Å². The van der Waals surface area contributed by atoms with Gasteiger partial charge < -0.3 is 15.0 Å². The lowest BCUT2D eigenvalue weighted by atomic mass is 10.1. The molecule has 1 saturated heterocycles. The predicted molar refractivity (Wildman–Crippen MR) is 105 cm³/mol. The summed E-state index contributed by atoms with van der Waals surface area (Å²) in [5.74, 6) is -0.785. The van der Waals surface area contributed by atoms with Gasteiger partial charge in [-0.25, -0.2) is 4.39 Å². The van der Waals surface area contributed by atoms with Crippen molar-refractivity contribution >= 4 is 11.8 Å². The summed E-state index contributed by atoms with van der Waals surface area (Å²) in [5, 5.41) is 2.79. The van der Waals surface area contributed by atoms with Crippen molar-refractivity contribution in [3.63, 3.8) is 0 Å². The molecule has 2 aromatic rings. The van der Waals surface area contributed by atoms with Crippen molar-refractivity contribution in [2.75, 3.05) is 13.1 Å². The SMILES string of the molecule is Cc1ccc(F)cc1C(=O)NCc1ccc(C(=O)N2CC(C)OC(C)C2)cc1. The highest BCUT2D eigenvalue weighted by Gasteiger charge is 2.26. The van der Waals surface area contributed by atoms with Gasteiger partial charge in [-0.3, -0.25) is 9.59 Å². The van der Waals surface area contributed by atoms with E-state index >= 15 is 0 Å². The summed E-state index contributed by atoms with van der Waals surface area (Å²) in [4.78, 5) is 26.8. The Labute approximate surface area is 164 Å². The molecule has 2 amide bonds. The summed E-state index contributed by atoms with van der Waals surface area (Å²) in [6.45, 7) is 7.14. The number of nitrogens with zero attached hydrogens (tertiary/aromatic N) is 1. The zero-order chi connectivity index (χ0) is 20.3. The maximum absolute atomic E-state index is 13.4. The molecule has 0 spiro atoms. The van der Waals surface area contributed by atoms with Gasteiger partial charge in [-0.05, 0) is 56.2 Å². The quantitative estimate of drug-likeness (QED) is 0.880. The molecule has 1 aliphatic rings. The standard InChI is InChI=1S/C22H25FN2O3/c1-14-4-9-19(23)10-20(14)21(26)24-11-17-5-7-18(8-6-17)22(27)25-12-15(2)28-16(3)13-25/h4-10,15-16H,11-13H2,1-3H3,(H,24,26). The number of morpholine rings is 1. The molecule has 0 aromatic heterocycles. The number of amides is 2. The van der Waals surface area contributed by atoms with Crippen molar-refractivity contribution in [2.45, 2.75) is 39.5 Å². The lowest BCUT2D eigenvalue weighted by Gasteiger charge is -2.35. The van der Waals surface area contributed by atoms with E-state index in [1.54, 1.807) is 25.1 Å². The average Bonchev–Trinajstić information content (AvgIpc) is 2.67. The van der Waals surface area contributed by atoms with Gasteiger partial charge in [0.25, 0.3) is 11.8 Å². The summed E-state index contributed by atoms with van der Waals surface area (Å²) in [6, 6.07) is 11.3. The van der Waals surface area contributed by atoms with E-state index in [1.807, 2.05) is 30.9 Å². The first-order chi connectivity index (χ1) is 13.3. The molecule has 2 atom stereocenters. The number of nitrogens with one attached hydrogen (secondary N) is 1. The molecule has 2 unspecified atom stereocenters. The molecule has 5 nitrogen and oxygen atoms in total. The molecule has 1 fully saturated rings. The molecule has 0 radical (unpaired) electrons. The van der Waals surface area contributed by atoms with Crippen LogP contribution in [0.4, 0.5) is 4.39 Å². The third kappa shape index (κ3) is 4.75. The lowest BCUT2D eigenvalue weighted by Crippen LogP contribution is -2.48. The highest BCUT2D eigenvalue weighted by molar-refractivity contribution is 5.96. The van der Waals surface area contributed by atoms with E-state index in [0.29, 0.717) is 36.3 Å². The van der Waals surface area contributed by atoms with Crippen LogP contribution in [-0.2, 0) is 11.3 Å². The van der Waals surface area contributed by atoms with Gasteiger partial charge in [0.15, 0.2) is 0 Å². The molecular formula is C22H25FN2O3. The van der Waals surface area contributed by atoms with Gasteiger partial charge in [0.1, 0.15) is 5.82 Å². The number of hydrogen-bond acceptors (Lipinski definition) is 3. The minimum atomic E-state index is -0.439. The summed E-state index contributed by atoms with van der Waals surface area (Å²) in [5.41, 5.74) is 2.51. The minimum absolute atomic E-state index is 0.0204. The highest BCUT2D eigenvalue weighted by atomic mass is 19.1. The zero-order valence-electron chi connectivity index (χ0n) is 16.4. The van der Waals surface area contributed by atoms with Crippen LogP contribution in [-0.4, -0.2) is 42.0 Å². The van der Waals surface area contributed by atoms with E-state index in [0.717, 1.165) is 5.56 Å². The number of ether oxygens (including phenoxy) is 1. The summed E-state index contributed by atoms with van der Waals surface area (Å²) in [6.07, 6.45) is 0.0435. The molecule has 1 heterocycles. The second-order valence-corrected chi connectivity index (χ2v) is 7.31. The van der Waals surface area contributed by atoms with Gasteiger partial charge in [-0.15, -0.1) is 0 Å². The first-order valence-electron chi connectivity index (χ1n) is 9.41. The van der Waals surface area contributed by atoms with Crippen LogP contribution < -0.4 is 5.32 Å². The lowest BCUT2D eigenvalue weighted by molar-refractivity contribution is -0.0586. The summed E-state index contributed by atoms with van der Waals surface area (Å²) >= 11 is 0. The topological polar surface area (TPSA) is 58.6 Å². The van der Waals surface area contributed by atoms with Crippen molar-refractivity contribution < 1.29 is 18.7 Å². The molecule has 6 heteroatoms. The van der Waals surface area contributed by atoms with Crippen molar-refractivity contribution in [3.05, 3.63) is 70.5 Å². The fourth-order valence-electron chi connectivity index (χ4n) is 3.41. The number of carbonyl (C=O) groups excluding carboxylic acids is 2. The van der Waals surface area contributed by atoms with Crippen molar-refractivity contribution in [1.29, 1.82) is 0 Å². The van der Waals surface area contributed by atoms with Crippen molar-refractivity contribution in [3.8, 4) is 0 Å². The number of rotatable bonds is 4. The van der Waals surface area contributed by atoms with Crippen LogP contribution in [0.5, 0.6) is 0 Å². The van der Waals surface area contributed by atoms with Gasteiger partial charge >= 0.3 is 0 Å². The van der Waals surface area contributed by atoms with E-state index in [9.17, 15) is 14.0 Å². The Balaban J connectivity index is 1.60. The first kappa shape index (κ1) is 20.0. The molecule has 0 saturated carbocycles. The molecule has 1 N–H and O–H groups in total. The van der Waals surface area contributed by atoms with Crippen LogP contribution in [0.3, 0.4) is 0 Å². The zero-order valence-corrected chi connectivity index (χ0v) is 16.4. The van der Waals surface area contributed by atoms with Crippen LogP contribution in [0.2, 0.25) is 0 Å². The first-order valence-corrected chi connectivity index (χ1v) is 9.41. The molecular weight excluding hydrogens is 359 g/mol. The summed E-state index contributed by atoms with van der Waals surface area (Å²) < 4.78 is 19.0. The van der Waals surface area contributed by atoms with Gasteiger partial charge in [0, 0.05) is 30.8 Å². The Morgan fingerprint density at radius 1 is 1.11 bits per heavy atom. The Bertz CT molecular complexity index is 857. The molecule has 0 aliphatic carbocycles. The van der Waals surface area contributed by atoms with Crippen molar-refractivity contribution in [1.82, 2.24) is 10.2 Å². The average molecular weight is 384 g/mol. The Morgan fingerprint density at radius 2 is 1.75 bits per heavy atom. The maximum atomic E-state index is 13.4. The van der Waals surface area contributed by atoms with Crippen LogP contribution in [0.15, 0.2) is 42.5 Å². The smallest absolute Gasteiger partial charge is 0.254 e. The Kier molecular flexibility index (Phi) is 6.09. The van der Waals surface area contributed by atoms with Crippen LogP contribution in [0, 0.1) is 12.7 Å². The van der Waals surface area contributed by atoms with Crippen LogP contribution in [0.1, 0.15) is 45.7 Å². The highest BCUT2D eigenvalue weighted by Crippen LogP contribution is 2.15. The van der Waals surface area contributed by atoms with E-state index in [1.165, 1.54) is 12.1 Å². The number of halogens is 1. The largest absolute Gasteiger partial charge is 0.372 e. The second kappa shape index (κ2) is 8.52. The fourth-order valence-corrected chi connectivity index (χ4v) is 3.41. The van der Waals surface area contributed by atoms with Gasteiger partial charge in [-0.2, -0.15) is 0 Å². The van der Waals surface area contributed by atoms with Crippen LogP contribution >= 0.6 is 0 Å². The number of carbonyl (C=O) groups is 2. The third-order valence-electron chi connectivity index (χ3n) is 4.81. The maximum Gasteiger partial charge on any atom is 0.254 e. The number of benzene rings is 2. The number of hydrogen-bond donors (Lipinski definition) is 1. The Hall–Kier alpha value is -2.73. The summed E-state index contributed by atoms with van der Waals surface area (Å²) in [7, 11) is 0. The normalized spacial score (nSPS) is 19.4. The molecule has 28 heavy (non-hydrogen) atoms. The van der Waals surface area contributed by atoms with E-state index in [2.05, 4.69) is 5.32 Å². The minimum Gasteiger partial charge on any atom is -0.372 e. The molecule has 0 bridgehead atoms. The van der Waals surface area contributed by atoms with Crippen LogP contribution in [0.25, 0.3) is 0 Å².